The van der Waals surface area contributed by atoms with Crippen molar-refractivity contribution in [3.63, 3.8) is 0 Å². The minimum atomic E-state index is -0.274. The van der Waals surface area contributed by atoms with E-state index in [-0.39, 0.29) is 17.5 Å². The number of nitrogens with zero attached hydrogens (tertiary/aromatic N) is 3. The van der Waals surface area contributed by atoms with Crippen LogP contribution in [0.3, 0.4) is 0 Å². The largest absolute Gasteiger partial charge is 0.308 e. The Bertz CT molecular complexity index is 940. The Balaban J connectivity index is 1.79. The van der Waals surface area contributed by atoms with Crippen LogP contribution in [0.4, 0.5) is 9.52 Å². The van der Waals surface area contributed by atoms with Gasteiger partial charge in [-0.3, -0.25) is 9.69 Å². The lowest BCUT2D eigenvalue weighted by atomic mass is 10.2. The molecule has 0 spiro atoms. The summed E-state index contributed by atoms with van der Waals surface area (Å²) in [7, 11) is 3.98. The number of aryl methyl sites for hydroxylation is 1. The van der Waals surface area contributed by atoms with E-state index in [1.165, 1.54) is 29.5 Å². The molecule has 0 saturated heterocycles. The zero-order valence-electron chi connectivity index (χ0n) is 16.3. The van der Waals surface area contributed by atoms with E-state index in [0.717, 1.165) is 33.2 Å². The predicted octanol–water partition coefficient (Wildman–Crippen LogP) is 4.68. The van der Waals surface area contributed by atoms with Crippen molar-refractivity contribution in [1.82, 2.24) is 9.88 Å². The number of fused-ring (bicyclic) bond motifs is 1. The van der Waals surface area contributed by atoms with Gasteiger partial charge in [0.2, 0.25) is 5.91 Å². The van der Waals surface area contributed by atoms with E-state index in [1.807, 2.05) is 20.2 Å². The lowest BCUT2D eigenvalue weighted by Crippen LogP contribution is -2.37. The number of carbonyl (C=O) groups excluding carboxylic acids is 1. The molecule has 4 nitrogen and oxygen atoms in total. The third-order valence-electron chi connectivity index (χ3n) is 4.33. The first-order valence-corrected chi connectivity index (χ1v) is 11.0. The molecule has 0 radical (unpaired) electrons. The van der Waals surface area contributed by atoms with Crippen molar-refractivity contribution < 1.29 is 9.18 Å². The third kappa shape index (κ3) is 5.31. The number of amides is 1. The van der Waals surface area contributed by atoms with Gasteiger partial charge < -0.3 is 4.90 Å². The first-order chi connectivity index (χ1) is 13.5. The van der Waals surface area contributed by atoms with Crippen LogP contribution in [-0.4, -0.2) is 48.7 Å². The van der Waals surface area contributed by atoms with Gasteiger partial charge in [-0.15, -0.1) is 11.8 Å². The highest BCUT2D eigenvalue weighted by Gasteiger charge is 2.20. The molecule has 7 heteroatoms. The molecule has 28 heavy (non-hydrogen) atoms. The van der Waals surface area contributed by atoms with E-state index < -0.39 is 0 Å². The normalized spacial score (nSPS) is 11.3. The van der Waals surface area contributed by atoms with Gasteiger partial charge in [-0.05, 0) is 62.5 Å². The van der Waals surface area contributed by atoms with Gasteiger partial charge in [0.25, 0.3) is 0 Å². The lowest BCUT2D eigenvalue weighted by molar-refractivity contribution is -0.116. The molecule has 0 aliphatic rings. The third-order valence-corrected chi connectivity index (χ3v) is 6.37. The van der Waals surface area contributed by atoms with Crippen LogP contribution in [0.25, 0.3) is 10.2 Å². The Morgan fingerprint density at radius 2 is 1.89 bits per heavy atom. The zero-order chi connectivity index (χ0) is 20.1. The lowest BCUT2D eigenvalue weighted by Gasteiger charge is -2.21. The molecule has 2 aromatic carbocycles. The van der Waals surface area contributed by atoms with E-state index in [2.05, 4.69) is 24.0 Å². The number of halogens is 1. The van der Waals surface area contributed by atoms with Crippen LogP contribution >= 0.6 is 23.1 Å². The smallest absolute Gasteiger partial charge is 0.239 e. The summed E-state index contributed by atoms with van der Waals surface area (Å²) in [5, 5.41) is 0.731. The fourth-order valence-electron chi connectivity index (χ4n) is 2.67. The number of thiazole rings is 1. The molecule has 0 atom stereocenters. The van der Waals surface area contributed by atoms with Crippen molar-refractivity contribution in [2.45, 2.75) is 18.2 Å². The van der Waals surface area contributed by atoms with Gasteiger partial charge in [-0.2, -0.15) is 0 Å². The van der Waals surface area contributed by atoms with Crippen molar-refractivity contribution in [2.75, 3.05) is 37.8 Å². The summed E-state index contributed by atoms with van der Waals surface area (Å²) in [5.74, 6) is 0.0185. The number of benzene rings is 2. The quantitative estimate of drug-likeness (QED) is 0.499. The highest BCUT2D eigenvalue weighted by Crippen LogP contribution is 2.30. The molecule has 0 unspecified atom stereocenters. The molecule has 0 bridgehead atoms. The molecule has 3 rings (SSSR count). The fraction of sp³-hybridized carbons (Fsp3) is 0.333. The van der Waals surface area contributed by atoms with Crippen LogP contribution in [0.2, 0.25) is 0 Å². The van der Waals surface area contributed by atoms with Gasteiger partial charge in [0.1, 0.15) is 5.82 Å². The maximum absolute atomic E-state index is 13.1. The van der Waals surface area contributed by atoms with Crippen molar-refractivity contribution in [2.24, 2.45) is 0 Å². The van der Waals surface area contributed by atoms with Crippen molar-refractivity contribution >= 4 is 44.4 Å². The molecule has 0 saturated carbocycles. The summed E-state index contributed by atoms with van der Waals surface area (Å²) in [6.45, 7) is 3.46. The number of carbonyl (C=O) groups is 1. The van der Waals surface area contributed by atoms with E-state index in [1.54, 1.807) is 28.4 Å². The number of hydrogen-bond donors (Lipinski definition) is 0. The predicted molar refractivity (Wildman–Crippen MR) is 117 cm³/mol. The van der Waals surface area contributed by atoms with Crippen LogP contribution in [-0.2, 0) is 11.2 Å². The molecule has 0 aliphatic carbocycles. The van der Waals surface area contributed by atoms with Crippen LogP contribution in [0, 0.1) is 5.82 Å². The van der Waals surface area contributed by atoms with Gasteiger partial charge in [-0.25, -0.2) is 9.37 Å². The summed E-state index contributed by atoms with van der Waals surface area (Å²) in [4.78, 5) is 22.4. The summed E-state index contributed by atoms with van der Waals surface area (Å²) in [5.41, 5.74) is 2.19. The van der Waals surface area contributed by atoms with E-state index in [0.29, 0.717) is 6.54 Å². The van der Waals surface area contributed by atoms with Gasteiger partial charge in [0, 0.05) is 18.0 Å². The number of likely N-dealkylation sites (N-methyl/N-ethyl adjacent to an activating group) is 1. The van der Waals surface area contributed by atoms with Crippen LogP contribution < -0.4 is 4.90 Å². The standard InChI is InChI=1S/C21H24FN3OS2/c1-4-15-5-10-18-19(13-15)28-21(23-18)25(12-11-24(2)3)20(26)14-27-17-8-6-16(22)7-9-17/h5-10,13H,4,11-12,14H2,1-3H3. The first kappa shape index (κ1) is 20.8. The molecule has 148 valence electrons. The second-order valence-corrected chi connectivity index (χ2v) is 8.80. The average Bonchev–Trinajstić information content (AvgIpc) is 3.10. The van der Waals surface area contributed by atoms with E-state index >= 15 is 0 Å². The Morgan fingerprint density at radius 1 is 1.14 bits per heavy atom. The number of rotatable bonds is 8. The molecule has 1 amide bonds. The van der Waals surface area contributed by atoms with Crippen LogP contribution in [0.15, 0.2) is 47.4 Å². The van der Waals surface area contributed by atoms with Gasteiger partial charge in [0.05, 0.1) is 16.0 Å². The fourth-order valence-corrected chi connectivity index (χ4v) is 4.52. The molecule has 0 aliphatic heterocycles. The average molecular weight is 418 g/mol. The van der Waals surface area contributed by atoms with E-state index in [4.69, 9.17) is 4.98 Å². The van der Waals surface area contributed by atoms with Crippen molar-refractivity contribution in [3.05, 3.63) is 53.8 Å². The molecule has 0 fully saturated rings. The van der Waals surface area contributed by atoms with Gasteiger partial charge >= 0.3 is 0 Å². The molecular formula is C21H24FN3OS2. The second kappa shape index (κ2) is 9.49. The molecule has 3 aromatic rings. The van der Waals surface area contributed by atoms with Crippen LogP contribution in [0.1, 0.15) is 12.5 Å². The van der Waals surface area contributed by atoms with Gasteiger partial charge in [-0.1, -0.05) is 24.3 Å². The number of thioether (sulfide) groups is 1. The number of hydrogen-bond acceptors (Lipinski definition) is 5. The minimum absolute atomic E-state index is 0.00551. The Morgan fingerprint density at radius 3 is 2.57 bits per heavy atom. The van der Waals surface area contributed by atoms with Gasteiger partial charge in [0.15, 0.2) is 5.13 Å². The molecule has 1 heterocycles. The SMILES string of the molecule is CCc1ccc2nc(N(CCN(C)C)C(=O)CSc3ccc(F)cc3)sc2c1. The topological polar surface area (TPSA) is 36.4 Å². The monoisotopic (exact) mass is 417 g/mol. The Kier molecular flexibility index (Phi) is 7.04. The highest BCUT2D eigenvalue weighted by molar-refractivity contribution is 8.00. The Labute approximate surface area is 173 Å². The highest BCUT2D eigenvalue weighted by atomic mass is 32.2. The summed E-state index contributed by atoms with van der Waals surface area (Å²) >= 11 is 2.97. The van der Waals surface area contributed by atoms with Crippen molar-refractivity contribution in [3.8, 4) is 0 Å². The summed E-state index contributed by atoms with van der Waals surface area (Å²) in [6.07, 6.45) is 0.973. The summed E-state index contributed by atoms with van der Waals surface area (Å²) in [6, 6.07) is 12.5. The first-order valence-electron chi connectivity index (χ1n) is 9.19. The molecular weight excluding hydrogens is 393 g/mol. The van der Waals surface area contributed by atoms with Crippen molar-refractivity contribution in [1.29, 1.82) is 0 Å². The molecule has 0 N–H and O–H groups in total. The summed E-state index contributed by atoms with van der Waals surface area (Å²) < 4.78 is 14.2. The number of anilines is 1. The van der Waals surface area contributed by atoms with E-state index in [9.17, 15) is 9.18 Å². The minimum Gasteiger partial charge on any atom is -0.308 e. The van der Waals surface area contributed by atoms with Crippen LogP contribution in [0.5, 0.6) is 0 Å². The Hall–Kier alpha value is -1.96. The maximum Gasteiger partial charge on any atom is 0.239 e. The maximum atomic E-state index is 13.1. The zero-order valence-corrected chi connectivity index (χ0v) is 17.9. The second-order valence-electron chi connectivity index (χ2n) is 6.74. The number of aromatic nitrogens is 1. The molecule has 1 aromatic heterocycles.